The van der Waals surface area contributed by atoms with Crippen LogP contribution >= 0.6 is 0 Å². The molecule has 0 aromatic carbocycles. The SMILES string of the molecule is CCC1(C)CCN(c2cn[nH]c(=O)c2)CC1. The van der Waals surface area contributed by atoms with Gasteiger partial charge in [0.1, 0.15) is 0 Å². The Labute approximate surface area is 95.7 Å². The van der Waals surface area contributed by atoms with E-state index in [1.165, 1.54) is 19.3 Å². The lowest BCUT2D eigenvalue weighted by Gasteiger charge is -2.39. The highest BCUT2D eigenvalue weighted by Crippen LogP contribution is 2.35. The first kappa shape index (κ1) is 11.2. The molecule has 1 aliphatic heterocycles. The zero-order valence-electron chi connectivity index (χ0n) is 9.99. The molecule has 0 amide bonds. The van der Waals surface area contributed by atoms with Gasteiger partial charge in [0.25, 0.3) is 5.56 Å². The molecule has 0 aliphatic carbocycles. The second kappa shape index (κ2) is 4.28. The minimum Gasteiger partial charge on any atom is -0.370 e. The number of piperidine rings is 1. The Balaban J connectivity index is 2.07. The summed E-state index contributed by atoms with van der Waals surface area (Å²) < 4.78 is 0. The minimum atomic E-state index is -0.124. The zero-order chi connectivity index (χ0) is 11.6. The Kier molecular flexibility index (Phi) is 2.99. The summed E-state index contributed by atoms with van der Waals surface area (Å²) >= 11 is 0. The summed E-state index contributed by atoms with van der Waals surface area (Å²) in [6, 6.07) is 1.63. The lowest BCUT2D eigenvalue weighted by Crippen LogP contribution is -2.38. The molecule has 0 unspecified atom stereocenters. The maximum atomic E-state index is 11.2. The number of anilines is 1. The van der Waals surface area contributed by atoms with Gasteiger partial charge < -0.3 is 4.90 Å². The smallest absolute Gasteiger partial charge is 0.266 e. The van der Waals surface area contributed by atoms with E-state index in [-0.39, 0.29) is 5.56 Å². The van der Waals surface area contributed by atoms with Crippen LogP contribution in [0, 0.1) is 5.41 Å². The number of H-pyrrole nitrogens is 1. The van der Waals surface area contributed by atoms with Crippen molar-refractivity contribution in [3.63, 3.8) is 0 Å². The lowest BCUT2D eigenvalue weighted by atomic mass is 9.78. The van der Waals surface area contributed by atoms with Crippen molar-refractivity contribution in [2.75, 3.05) is 18.0 Å². The van der Waals surface area contributed by atoms with Crippen LogP contribution in [0.4, 0.5) is 5.69 Å². The number of aromatic amines is 1. The molecule has 2 rings (SSSR count). The van der Waals surface area contributed by atoms with E-state index in [2.05, 4.69) is 28.9 Å². The summed E-state index contributed by atoms with van der Waals surface area (Å²) in [6.45, 7) is 6.65. The van der Waals surface area contributed by atoms with Crippen molar-refractivity contribution in [3.05, 3.63) is 22.6 Å². The number of aromatic nitrogens is 2. The van der Waals surface area contributed by atoms with E-state index in [0.717, 1.165) is 18.8 Å². The molecule has 1 saturated heterocycles. The van der Waals surface area contributed by atoms with Gasteiger partial charge in [0.05, 0.1) is 11.9 Å². The molecule has 0 atom stereocenters. The normalized spacial score (nSPS) is 19.8. The lowest BCUT2D eigenvalue weighted by molar-refractivity contribution is 0.238. The molecule has 4 heteroatoms. The van der Waals surface area contributed by atoms with Gasteiger partial charge in [0.15, 0.2) is 0 Å². The van der Waals surface area contributed by atoms with Gasteiger partial charge in [-0.3, -0.25) is 4.79 Å². The summed E-state index contributed by atoms with van der Waals surface area (Å²) in [5.74, 6) is 0. The Morgan fingerprint density at radius 3 is 2.75 bits per heavy atom. The number of rotatable bonds is 2. The van der Waals surface area contributed by atoms with E-state index in [4.69, 9.17) is 0 Å². The fraction of sp³-hybridized carbons (Fsp3) is 0.667. The predicted octanol–water partition coefficient (Wildman–Crippen LogP) is 1.79. The largest absolute Gasteiger partial charge is 0.370 e. The predicted molar refractivity (Wildman–Crippen MR) is 64.7 cm³/mol. The highest BCUT2D eigenvalue weighted by molar-refractivity contribution is 5.43. The first-order valence-corrected chi connectivity index (χ1v) is 5.93. The van der Waals surface area contributed by atoms with E-state index in [1.54, 1.807) is 12.3 Å². The quantitative estimate of drug-likeness (QED) is 0.828. The van der Waals surface area contributed by atoms with E-state index in [1.807, 2.05) is 0 Å². The molecule has 0 radical (unpaired) electrons. The van der Waals surface area contributed by atoms with Crippen molar-refractivity contribution in [2.24, 2.45) is 5.41 Å². The highest BCUT2D eigenvalue weighted by atomic mass is 16.1. The Bertz CT molecular complexity index is 405. The summed E-state index contributed by atoms with van der Waals surface area (Å²) in [5, 5.41) is 6.24. The standard InChI is InChI=1S/C12H19N3O/c1-3-12(2)4-6-15(7-5-12)10-8-11(16)14-13-9-10/h8-9H,3-7H2,1-2H3,(H,14,16). The molecule has 1 aromatic rings. The van der Waals surface area contributed by atoms with E-state index >= 15 is 0 Å². The fourth-order valence-corrected chi connectivity index (χ4v) is 2.20. The molecule has 4 nitrogen and oxygen atoms in total. The van der Waals surface area contributed by atoms with Gasteiger partial charge in [0.2, 0.25) is 0 Å². The van der Waals surface area contributed by atoms with Crippen LogP contribution in [0.15, 0.2) is 17.1 Å². The van der Waals surface area contributed by atoms with E-state index < -0.39 is 0 Å². The van der Waals surface area contributed by atoms with Crippen molar-refractivity contribution in [2.45, 2.75) is 33.1 Å². The molecule has 2 heterocycles. The van der Waals surface area contributed by atoms with Gasteiger partial charge in [-0.25, -0.2) is 5.10 Å². The topological polar surface area (TPSA) is 49.0 Å². The van der Waals surface area contributed by atoms with Crippen LogP contribution in [0.2, 0.25) is 0 Å². The zero-order valence-corrected chi connectivity index (χ0v) is 9.99. The summed E-state index contributed by atoms with van der Waals surface area (Å²) in [5.41, 5.74) is 1.30. The van der Waals surface area contributed by atoms with Crippen molar-refractivity contribution >= 4 is 5.69 Å². The van der Waals surface area contributed by atoms with Gasteiger partial charge >= 0.3 is 0 Å². The molecule has 1 aromatic heterocycles. The van der Waals surface area contributed by atoms with Crippen LogP contribution in [0.1, 0.15) is 33.1 Å². The monoisotopic (exact) mass is 221 g/mol. The van der Waals surface area contributed by atoms with Crippen LogP contribution in [-0.4, -0.2) is 23.3 Å². The van der Waals surface area contributed by atoms with Crippen LogP contribution < -0.4 is 10.5 Å². The number of nitrogens with one attached hydrogen (secondary N) is 1. The Morgan fingerprint density at radius 1 is 1.50 bits per heavy atom. The van der Waals surface area contributed by atoms with Crippen LogP contribution in [0.25, 0.3) is 0 Å². The number of hydrogen-bond donors (Lipinski definition) is 1. The Morgan fingerprint density at radius 2 is 2.19 bits per heavy atom. The van der Waals surface area contributed by atoms with Gasteiger partial charge in [0, 0.05) is 19.2 Å². The fourth-order valence-electron chi connectivity index (χ4n) is 2.20. The maximum absolute atomic E-state index is 11.2. The summed E-state index contributed by atoms with van der Waals surface area (Å²) in [6.07, 6.45) is 5.34. The molecule has 1 aliphatic rings. The van der Waals surface area contributed by atoms with Gasteiger partial charge in [-0.1, -0.05) is 20.3 Å². The van der Waals surface area contributed by atoms with Crippen molar-refractivity contribution in [1.29, 1.82) is 0 Å². The molecule has 1 fully saturated rings. The van der Waals surface area contributed by atoms with Crippen molar-refractivity contribution in [1.82, 2.24) is 10.2 Å². The third kappa shape index (κ3) is 2.26. The minimum absolute atomic E-state index is 0.124. The van der Waals surface area contributed by atoms with E-state index in [9.17, 15) is 4.79 Å². The molecular weight excluding hydrogens is 202 g/mol. The Hall–Kier alpha value is -1.32. The number of nitrogens with zero attached hydrogens (tertiary/aromatic N) is 2. The van der Waals surface area contributed by atoms with Crippen molar-refractivity contribution < 1.29 is 0 Å². The summed E-state index contributed by atoms with van der Waals surface area (Å²) in [7, 11) is 0. The third-order valence-electron chi connectivity index (χ3n) is 3.84. The van der Waals surface area contributed by atoms with Crippen LogP contribution in [0.3, 0.4) is 0 Å². The van der Waals surface area contributed by atoms with Gasteiger partial charge in [-0.2, -0.15) is 5.10 Å². The second-order valence-corrected chi connectivity index (χ2v) is 4.95. The van der Waals surface area contributed by atoms with E-state index in [0.29, 0.717) is 5.41 Å². The molecule has 0 saturated carbocycles. The van der Waals surface area contributed by atoms with Crippen LogP contribution in [0.5, 0.6) is 0 Å². The van der Waals surface area contributed by atoms with Gasteiger partial charge in [-0.05, 0) is 18.3 Å². The number of hydrogen-bond acceptors (Lipinski definition) is 3. The molecular formula is C12H19N3O. The molecule has 1 N–H and O–H groups in total. The average Bonchev–Trinajstić information content (AvgIpc) is 2.30. The van der Waals surface area contributed by atoms with Gasteiger partial charge in [-0.15, -0.1) is 0 Å². The molecule has 88 valence electrons. The first-order valence-electron chi connectivity index (χ1n) is 5.93. The first-order chi connectivity index (χ1) is 7.63. The molecule has 16 heavy (non-hydrogen) atoms. The molecule has 0 spiro atoms. The molecule has 0 bridgehead atoms. The summed E-state index contributed by atoms with van der Waals surface area (Å²) in [4.78, 5) is 13.4. The highest BCUT2D eigenvalue weighted by Gasteiger charge is 2.28. The van der Waals surface area contributed by atoms with Crippen molar-refractivity contribution in [3.8, 4) is 0 Å². The van der Waals surface area contributed by atoms with Crippen LogP contribution in [-0.2, 0) is 0 Å². The third-order valence-corrected chi connectivity index (χ3v) is 3.84. The maximum Gasteiger partial charge on any atom is 0.266 e. The average molecular weight is 221 g/mol. The second-order valence-electron chi connectivity index (χ2n) is 4.95.